The van der Waals surface area contributed by atoms with Crippen LogP contribution in [0.4, 0.5) is 0 Å². The molecule has 6 nitrogen and oxygen atoms in total. The van der Waals surface area contributed by atoms with E-state index >= 15 is 0 Å². The van der Waals surface area contributed by atoms with Crippen LogP contribution >= 0.6 is 0 Å². The van der Waals surface area contributed by atoms with Crippen molar-refractivity contribution in [3.8, 4) is 0 Å². The molecule has 2 atom stereocenters. The van der Waals surface area contributed by atoms with Gasteiger partial charge in [0, 0.05) is 30.7 Å². The molecule has 2 unspecified atom stereocenters. The van der Waals surface area contributed by atoms with Gasteiger partial charge in [0.2, 0.25) is 11.5 Å². The summed E-state index contributed by atoms with van der Waals surface area (Å²) in [5.41, 5.74) is 1.84. The van der Waals surface area contributed by atoms with Crippen molar-refractivity contribution in [2.45, 2.75) is 52.0 Å². The molecule has 25 heavy (non-hydrogen) atoms. The Morgan fingerprint density at radius 1 is 1.36 bits per heavy atom. The molecule has 0 bridgehead atoms. The second kappa shape index (κ2) is 9.55. The van der Waals surface area contributed by atoms with E-state index in [-0.39, 0.29) is 59.4 Å². The third-order valence-electron chi connectivity index (χ3n) is 4.61. The van der Waals surface area contributed by atoms with Gasteiger partial charge in [0.1, 0.15) is 0 Å². The smallest absolute Gasteiger partial charge is 0.550 e. The van der Waals surface area contributed by atoms with Gasteiger partial charge in [-0.15, -0.1) is 0 Å². The van der Waals surface area contributed by atoms with E-state index in [1.807, 2.05) is 13.8 Å². The molecule has 1 aromatic heterocycles. The fourth-order valence-electron chi connectivity index (χ4n) is 3.45. The Kier molecular flexibility index (Phi) is 8.38. The van der Waals surface area contributed by atoms with Crippen molar-refractivity contribution < 1.29 is 44.3 Å². The second-order valence-electron chi connectivity index (χ2n) is 6.99. The summed E-state index contributed by atoms with van der Waals surface area (Å²) in [6, 6.07) is 3.11. The Balaban J connectivity index is 0.00000312. The van der Waals surface area contributed by atoms with Gasteiger partial charge in [0.25, 0.3) is 0 Å². The zero-order valence-electron chi connectivity index (χ0n) is 15.5. The number of hydrogen-bond donors (Lipinski definition) is 1. The molecular weight excluding hydrogens is 331 g/mol. The molecule has 0 spiro atoms. The maximum Gasteiger partial charge on any atom is 1.00 e. The summed E-state index contributed by atoms with van der Waals surface area (Å²) in [5, 5.41) is 13.9. The van der Waals surface area contributed by atoms with Crippen LogP contribution in [-0.2, 0) is 23.1 Å². The van der Waals surface area contributed by atoms with Gasteiger partial charge in [-0.2, -0.15) is 0 Å². The van der Waals surface area contributed by atoms with E-state index in [0.29, 0.717) is 6.42 Å². The van der Waals surface area contributed by atoms with Crippen LogP contribution in [0.15, 0.2) is 16.9 Å². The minimum Gasteiger partial charge on any atom is -0.550 e. The number of fused-ring (bicyclic) bond motifs is 1. The zero-order valence-corrected chi connectivity index (χ0v) is 17.5. The molecule has 1 aliphatic carbocycles. The van der Waals surface area contributed by atoms with E-state index in [2.05, 4.69) is 5.32 Å². The number of carboxylic acids is 1. The third-order valence-corrected chi connectivity index (χ3v) is 4.61. The summed E-state index contributed by atoms with van der Waals surface area (Å²) in [5.74, 6) is -1.82. The van der Waals surface area contributed by atoms with Gasteiger partial charge >= 0.3 is 29.6 Å². The summed E-state index contributed by atoms with van der Waals surface area (Å²) in [4.78, 5) is 35.3. The van der Waals surface area contributed by atoms with E-state index in [4.69, 9.17) is 0 Å². The summed E-state index contributed by atoms with van der Waals surface area (Å²) < 4.78 is 1.63. The van der Waals surface area contributed by atoms with E-state index in [9.17, 15) is 19.5 Å². The van der Waals surface area contributed by atoms with E-state index < -0.39 is 11.9 Å². The first-order valence-corrected chi connectivity index (χ1v) is 8.48. The molecule has 0 saturated carbocycles. The Labute approximate surface area is 170 Å². The molecule has 0 aliphatic heterocycles. The topological polar surface area (TPSA) is 91.2 Å². The summed E-state index contributed by atoms with van der Waals surface area (Å²) >= 11 is 0. The molecule has 1 aliphatic rings. The van der Waals surface area contributed by atoms with Crippen molar-refractivity contribution in [2.75, 3.05) is 0 Å². The SMILES string of the molecule is CC(C)CC(CC(=O)[O-])C(=O)NC1CCCc2c1ccc(=O)n2C.[Na+]. The standard InChI is InChI=1S/C18H26N2O4.Na/c1-11(2)9-12(10-17(22)23)18(24)19-14-5-4-6-15-13(14)7-8-16(21)20(15)3;/h7-8,11-12,14H,4-6,9-10H2,1-3H3,(H,19,24)(H,22,23);/q;+1/p-1. The monoisotopic (exact) mass is 356 g/mol. The number of hydrogen-bond acceptors (Lipinski definition) is 4. The molecule has 0 fully saturated rings. The molecule has 2 rings (SSSR count). The number of rotatable bonds is 6. The van der Waals surface area contributed by atoms with Crippen molar-refractivity contribution in [3.63, 3.8) is 0 Å². The minimum atomic E-state index is -1.21. The summed E-state index contributed by atoms with van der Waals surface area (Å²) in [6.45, 7) is 3.92. The van der Waals surface area contributed by atoms with Gasteiger partial charge in [0.15, 0.2) is 0 Å². The average Bonchev–Trinajstić information content (AvgIpc) is 2.50. The van der Waals surface area contributed by atoms with Gasteiger partial charge in [-0.05, 0) is 49.7 Å². The first-order chi connectivity index (χ1) is 11.3. The Morgan fingerprint density at radius 3 is 2.64 bits per heavy atom. The quantitative estimate of drug-likeness (QED) is 0.580. The third kappa shape index (κ3) is 5.69. The maximum atomic E-state index is 12.6. The van der Waals surface area contributed by atoms with Gasteiger partial charge in [-0.25, -0.2) is 0 Å². The van der Waals surface area contributed by atoms with Gasteiger partial charge in [-0.3, -0.25) is 9.59 Å². The summed E-state index contributed by atoms with van der Waals surface area (Å²) in [6.07, 6.45) is 2.72. The number of carbonyl (C=O) groups is 2. The first kappa shape index (κ1) is 21.9. The van der Waals surface area contributed by atoms with Crippen LogP contribution in [0.5, 0.6) is 0 Å². The van der Waals surface area contributed by atoms with Crippen LogP contribution in [0.2, 0.25) is 0 Å². The summed E-state index contributed by atoms with van der Waals surface area (Å²) in [7, 11) is 1.74. The van der Waals surface area contributed by atoms with Crippen LogP contribution in [-0.4, -0.2) is 16.4 Å². The van der Waals surface area contributed by atoms with Crippen molar-refractivity contribution >= 4 is 11.9 Å². The van der Waals surface area contributed by atoms with E-state index in [1.54, 1.807) is 17.7 Å². The Hall–Kier alpha value is -1.11. The first-order valence-electron chi connectivity index (χ1n) is 8.48. The number of carbonyl (C=O) groups excluding carboxylic acids is 2. The van der Waals surface area contributed by atoms with Crippen LogP contribution in [0.25, 0.3) is 0 Å². The van der Waals surface area contributed by atoms with Crippen LogP contribution in [0, 0.1) is 11.8 Å². The minimum absolute atomic E-state index is 0. The number of nitrogens with one attached hydrogen (secondary N) is 1. The Morgan fingerprint density at radius 2 is 2.04 bits per heavy atom. The molecule has 0 aromatic carbocycles. The average molecular weight is 356 g/mol. The molecule has 1 amide bonds. The molecular formula is C18H25N2NaO4. The molecule has 0 saturated heterocycles. The van der Waals surface area contributed by atoms with Crippen LogP contribution in [0.1, 0.15) is 56.8 Å². The number of carboxylic acid groups (broad SMARTS) is 1. The largest absolute Gasteiger partial charge is 1.00 e. The number of amides is 1. The molecule has 132 valence electrons. The molecule has 1 aromatic rings. The van der Waals surface area contributed by atoms with Crippen molar-refractivity contribution in [1.82, 2.24) is 9.88 Å². The fourth-order valence-corrected chi connectivity index (χ4v) is 3.45. The second-order valence-corrected chi connectivity index (χ2v) is 6.99. The predicted octanol–water partition coefficient (Wildman–Crippen LogP) is -2.31. The van der Waals surface area contributed by atoms with Gasteiger partial charge in [-0.1, -0.05) is 13.8 Å². The molecule has 1 heterocycles. The van der Waals surface area contributed by atoms with Crippen LogP contribution < -0.4 is 45.5 Å². The normalized spacial score (nSPS) is 17.4. The van der Waals surface area contributed by atoms with Crippen molar-refractivity contribution in [1.29, 1.82) is 0 Å². The number of pyridine rings is 1. The van der Waals surface area contributed by atoms with Crippen molar-refractivity contribution in [2.24, 2.45) is 18.9 Å². The fraction of sp³-hybridized carbons (Fsp3) is 0.611. The number of nitrogens with zero attached hydrogens (tertiary/aromatic N) is 1. The molecule has 7 heteroatoms. The molecule has 1 N–H and O–H groups in total. The van der Waals surface area contributed by atoms with Gasteiger partial charge < -0.3 is 19.8 Å². The maximum absolute atomic E-state index is 12.6. The van der Waals surface area contributed by atoms with E-state index in [0.717, 1.165) is 30.5 Å². The van der Waals surface area contributed by atoms with Gasteiger partial charge in [0.05, 0.1) is 6.04 Å². The molecule has 0 radical (unpaired) electrons. The number of aromatic nitrogens is 1. The van der Waals surface area contributed by atoms with Crippen molar-refractivity contribution in [3.05, 3.63) is 33.7 Å². The Bertz CT molecular complexity index is 684. The predicted molar refractivity (Wildman–Crippen MR) is 88.1 cm³/mol. The van der Waals surface area contributed by atoms with Crippen LogP contribution in [0.3, 0.4) is 0 Å². The zero-order chi connectivity index (χ0) is 17.9. The van der Waals surface area contributed by atoms with E-state index in [1.165, 1.54) is 6.07 Å². The number of aliphatic carboxylic acids is 1.